The summed E-state index contributed by atoms with van der Waals surface area (Å²) >= 11 is 0. The van der Waals surface area contributed by atoms with Crippen molar-refractivity contribution < 1.29 is 9.53 Å². The monoisotopic (exact) mass is 230 g/mol. The highest BCUT2D eigenvalue weighted by Crippen LogP contribution is 2.18. The molecule has 0 saturated heterocycles. The Morgan fingerprint density at radius 3 is 2.53 bits per heavy atom. The molecule has 0 spiro atoms. The van der Waals surface area contributed by atoms with Crippen molar-refractivity contribution in [3.63, 3.8) is 0 Å². The van der Waals surface area contributed by atoms with Crippen LogP contribution < -0.4 is 0 Å². The first-order valence-corrected chi connectivity index (χ1v) is 5.48. The van der Waals surface area contributed by atoms with Crippen LogP contribution in [0.4, 0.5) is 0 Å². The minimum absolute atomic E-state index is 0.288. The second-order valence-corrected chi connectivity index (χ2v) is 3.64. The largest absolute Gasteiger partial charge is 0.462 e. The van der Waals surface area contributed by atoms with Crippen LogP contribution in [0.5, 0.6) is 0 Å². The first-order chi connectivity index (χ1) is 8.22. The Hall–Kier alpha value is -2.10. The van der Waals surface area contributed by atoms with E-state index in [4.69, 9.17) is 4.74 Å². The lowest BCUT2D eigenvalue weighted by Crippen LogP contribution is -2.04. The molecule has 0 aliphatic rings. The fraction of sp³-hybridized carbons (Fsp3) is 0.231. The maximum absolute atomic E-state index is 11.5. The highest BCUT2D eigenvalue weighted by atomic mass is 16.5. The summed E-state index contributed by atoms with van der Waals surface area (Å²) in [5, 5.41) is 4.11. The summed E-state index contributed by atoms with van der Waals surface area (Å²) < 4.78 is 6.72. The standard InChI is InChI=1S/C13H14N2O2/c1-3-17-13(16)11-6-4-10(5-7-11)12-8-9-14-15(12)2/h4-9H,3H2,1-2H3. The molecule has 1 heterocycles. The molecule has 0 bridgehead atoms. The van der Waals surface area contributed by atoms with Crippen molar-refractivity contribution in [2.75, 3.05) is 6.61 Å². The van der Waals surface area contributed by atoms with Crippen LogP contribution in [0.1, 0.15) is 17.3 Å². The van der Waals surface area contributed by atoms with E-state index in [1.807, 2.05) is 25.2 Å². The smallest absolute Gasteiger partial charge is 0.338 e. The predicted octanol–water partition coefficient (Wildman–Crippen LogP) is 2.26. The summed E-state index contributed by atoms with van der Waals surface area (Å²) in [4.78, 5) is 11.5. The molecule has 17 heavy (non-hydrogen) atoms. The van der Waals surface area contributed by atoms with Gasteiger partial charge in [0.25, 0.3) is 0 Å². The topological polar surface area (TPSA) is 44.1 Å². The van der Waals surface area contributed by atoms with Gasteiger partial charge < -0.3 is 4.74 Å². The fourth-order valence-corrected chi connectivity index (χ4v) is 1.65. The van der Waals surface area contributed by atoms with Crippen molar-refractivity contribution >= 4 is 5.97 Å². The Balaban J connectivity index is 2.25. The lowest BCUT2D eigenvalue weighted by molar-refractivity contribution is 0.0526. The van der Waals surface area contributed by atoms with Crippen LogP contribution in [-0.4, -0.2) is 22.4 Å². The Labute approximate surface area is 99.8 Å². The van der Waals surface area contributed by atoms with Gasteiger partial charge in [0.05, 0.1) is 17.9 Å². The van der Waals surface area contributed by atoms with Gasteiger partial charge >= 0.3 is 5.97 Å². The summed E-state index contributed by atoms with van der Waals surface area (Å²) in [6.45, 7) is 2.18. The quantitative estimate of drug-likeness (QED) is 0.760. The van der Waals surface area contributed by atoms with Crippen molar-refractivity contribution in [2.24, 2.45) is 7.05 Å². The number of hydrogen-bond acceptors (Lipinski definition) is 3. The molecule has 0 aliphatic heterocycles. The van der Waals surface area contributed by atoms with Gasteiger partial charge in [-0.3, -0.25) is 4.68 Å². The number of ether oxygens (including phenoxy) is 1. The Kier molecular flexibility index (Phi) is 3.23. The van der Waals surface area contributed by atoms with Crippen LogP contribution in [0.2, 0.25) is 0 Å². The molecule has 2 aromatic rings. The van der Waals surface area contributed by atoms with Gasteiger partial charge in [0.2, 0.25) is 0 Å². The van der Waals surface area contributed by atoms with Gasteiger partial charge in [-0.2, -0.15) is 5.10 Å². The molecule has 2 rings (SSSR count). The van der Waals surface area contributed by atoms with E-state index in [0.717, 1.165) is 11.3 Å². The molecule has 0 radical (unpaired) electrons. The van der Waals surface area contributed by atoms with Crippen LogP contribution in [-0.2, 0) is 11.8 Å². The third-order valence-electron chi connectivity index (χ3n) is 2.51. The zero-order valence-corrected chi connectivity index (χ0v) is 9.88. The summed E-state index contributed by atoms with van der Waals surface area (Å²) in [7, 11) is 1.88. The van der Waals surface area contributed by atoms with Crippen LogP contribution in [0, 0.1) is 0 Å². The molecule has 88 valence electrons. The molecule has 0 amide bonds. The van der Waals surface area contributed by atoms with Gasteiger partial charge in [0.15, 0.2) is 0 Å². The number of esters is 1. The van der Waals surface area contributed by atoms with Crippen molar-refractivity contribution in [2.45, 2.75) is 6.92 Å². The molecule has 0 aliphatic carbocycles. The number of nitrogens with zero attached hydrogens (tertiary/aromatic N) is 2. The molecule has 4 nitrogen and oxygen atoms in total. The van der Waals surface area contributed by atoms with E-state index in [1.165, 1.54) is 0 Å². The van der Waals surface area contributed by atoms with E-state index in [-0.39, 0.29) is 5.97 Å². The minimum Gasteiger partial charge on any atom is -0.462 e. The highest BCUT2D eigenvalue weighted by molar-refractivity contribution is 5.89. The van der Waals surface area contributed by atoms with E-state index in [0.29, 0.717) is 12.2 Å². The molecule has 0 atom stereocenters. The highest BCUT2D eigenvalue weighted by Gasteiger charge is 2.07. The third kappa shape index (κ3) is 2.36. The van der Waals surface area contributed by atoms with E-state index >= 15 is 0 Å². The first kappa shape index (κ1) is 11.4. The van der Waals surface area contributed by atoms with Crippen LogP contribution in [0.3, 0.4) is 0 Å². The predicted molar refractivity (Wildman–Crippen MR) is 64.6 cm³/mol. The van der Waals surface area contributed by atoms with Gasteiger partial charge in [0.1, 0.15) is 0 Å². The summed E-state index contributed by atoms with van der Waals surface area (Å²) in [5.41, 5.74) is 2.61. The zero-order valence-electron chi connectivity index (χ0n) is 9.88. The van der Waals surface area contributed by atoms with E-state index < -0.39 is 0 Å². The second kappa shape index (κ2) is 4.82. The molecule has 0 N–H and O–H groups in total. The molecule has 1 aromatic carbocycles. The zero-order chi connectivity index (χ0) is 12.3. The average Bonchev–Trinajstić information content (AvgIpc) is 2.76. The number of rotatable bonds is 3. The van der Waals surface area contributed by atoms with Gasteiger partial charge in [-0.1, -0.05) is 12.1 Å². The second-order valence-electron chi connectivity index (χ2n) is 3.64. The first-order valence-electron chi connectivity index (χ1n) is 5.48. The molecule has 1 aromatic heterocycles. The Bertz CT molecular complexity index is 514. The Morgan fingerprint density at radius 2 is 2.00 bits per heavy atom. The number of hydrogen-bond donors (Lipinski definition) is 0. The summed E-state index contributed by atoms with van der Waals surface area (Å²) in [6, 6.07) is 9.24. The van der Waals surface area contributed by atoms with Crippen LogP contribution in [0.25, 0.3) is 11.3 Å². The maximum Gasteiger partial charge on any atom is 0.338 e. The van der Waals surface area contributed by atoms with Gasteiger partial charge in [-0.25, -0.2) is 4.79 Å². The van der Waals surface area contributed by atoms with E-state index in [1.54, 1.807) is 29.9 Å². The van der Waals surface area contributed by atoms with E-state index in [9.17, 15) is 4.79 Å². The van der Waals surface area contributed by atoms with Gasteiger partial charge in [0, 0.05) is 13.2 Å². The number of aryl methyl sites for hydroxylation is 1. The molecule has 0 unspecified atom stereocenters. The molecule has 4 heteroatoms. The maximum atomic E-state index is 11.5. The van der Waals surface area contributed by atoms with Crippen molar-refractivity contribution in [3.05, 3.63) is 42.1 Å². The molecule has 0 saturated carbocycles. The van der Waals surface area contributed by atoms with Crippen molar-refractivity contribution in [3.8, 4) is 11.3 Å². The third-order valence-corrected chi connectivity index (χ3v) is 2.51. The summed E-state index contributed by atoms with van der Waals surface area (Å²) in [6.07, 6.45) is 1.74. The number of benzene rings is 1. The lowest BCUT2D eigenvalue weighted by Gasteiger charge is -2.04. The van der Waals surface area contributed by atoms with Crippen LogP contribution >= 0.6 is 0 Å². The van der Waals surface area contributed by atoms with E-state index in [2.05, 4.69) is 5.10 Å². The molecular weight excluding hydrogens is 216 g/mol. The number of carbonyl (C=O) groups is 1. The van der Waals surface area contributed by atoms with Gasteiger partial charge in [-0.05, 0) is 30.7 Å². The average molecular weight is 230 g/mol. The van der Waals surface area contributed by atoms with Crippen molar-refractivity contribution in [1.29, 1.82) is 0 Å². The fourth-order valence-electron chi connectivity index (χ4n) is 1.65. The summed E-state index contributed by atoms with van der Waals surface area (Å²) in [5.74, 6) is -0.288. The van der Waals surface area contributed by atoms with Crippen molar-refractivity contribution in [1.82, 2.24) is 9.78 Å². The SMILES string of the molecule is CCOC(=O)c1ccc(-c2ccnn2C)cc1. The lowest BCUT2D eigenvalue weighted by atomic mass is 10.1. The number of aromatic nitrogens is 2. The Morgan fingerprint density at radius 1 is 1.29 bits per heavy atom. The number of carbonyl (C=O) groups excluding carboxylic acids is 1. The van der Waals surface area contributed by atoms with Gasteiger partial charge in [-0.15, -0.1) is 0 Å². The minimum atomic E-state index is -0.288. The molecule has 0 fully saturated rings. The van der Waals surface area contributed by atoms with Crippen LogP contribution in [0.15, 0.2) is 36.5 Å². The molecular formula is C13H14N2O2. The normalized spacial score (nSPS) is 10.2.